The summed E-state index contributed by atoms with van der Waals surface area (Å²) in [5, 5.41) is 11.0. The first-order valence-corrected chi connectivity index (χ1v) is 9.72. The van der Waals surface area contributed by atoms with E-state index in [1.165, 1.54) is 28.0 Å². The Bertz CT molecular complexity index is 830. The van der Waals surface area contributed by atoms with Gasteiger partial charge in [-0.2, -0.15) is 0 Å². The average molecular weight is 388 g/mol. The highest BCUT2D eigenvalue weighted by atomic mass is 32.2. The maximum atomic E-state index is 12.2. The van der Waals surface area contributed by atoms with Crippen molar-refractivity contribution in [1.29, 1.82) is 0 Å². The molecule has 1 aliphatic heterocycles. The second kappa shape index (κ2) is 8.24. The largest absolute Gasteiger partial charge is 0.301 e. The molecular weight excluding hydrogens is 372 g/mol. The number of carbonyl (C=O) groups excluding carboxylic acids is 3. The molecule has 0 saturated carbocycles. The summed E-state index contributed by atoms with van der Waals surface area (Å²) in [7, 11) is 0. The fourth-order valence-corrected chi connectivity index (χ4v) is 4.00. The monoisotopic (exact) mass is 388 g/mol. The third-order valence-corrected chi connectivity index (χ3v) is 5.61. The zero-order chi connectivity index (χ0) is 18.5. The number of hydrogen-bond donors (Lipinski definition) is 1. The van der Waals surface area contributed by atoms with Crippen LogP contribution in [0.4, 0.5) is 5.13 Å². The first kappa shape index (κ1) is 18.3. The molecule has 0 aliphatic carbocycles. The van der Waals surface area contributed by atoms with Gasteiger partial charge in [-0.3, -0.25) is 19.3 Å². The van der Waals surface area contributed by atoms with Crippen LogP contribution >= 0.6 is 23.1 Å². The number of aromatic nitrogens is 2. The van der Waals surface area contributed by atoms with E-state index in [0.717, 1.165) is 10.1 Å². The Morgan fingerprint density at radius 1 is 1.23 bits per heavy atom. The van der Waals surface area contributed by atoms with Crippen LogP contribution in [0.2, 0.25) is 0 Å². The summed E-state index contributed by atoms with van der Waals surface area (Å²) < 4.78 is 0.756. The van der Waals surface area contributed by atoms with E-state index >= 15 is 0 Å². The summed E-state index contributed by atoms with van der Waals surface area (Å²) in [4.78, 5) is 37.7. The van der Waals surface area contributed by atoms with Gasteiger partial charge < -0.3 is 5.32 Å². The van der Waals surface area contributed by atoms with Crippen LogP contribution in [0.3, 0.4) is 0 Å². The Morgan fingerprint density at radius 2 is 1.92 bits per heavy atom. The lowest BCUT2D eigenvalue weighted by Crippen LogP contribution is -2.31. The molecule has 134 valence electrons. The third kappa shape index (κ3) is 4.00. The lowest BCUT2D eigenvalue weighted by atomic mass is 10.1. The quantitative estimate of drug-likeness (QED) is 0.324. The number of nitrogens with one attached hydrogen (secondary N) is 1. The summed E-state index contributed by atoms with van der Waals surface area (Å²) in [5.74, 6) is -0.112. The maximum absolute atomic E-state index is 12.2. The van der Waals surface area contributed by atoms with Crippen LogP contribution in [-0.4, -0.2) is 45.1 Å². The Morgan fingerprint density at radius 3 is 2.58 bits per heavy atom. The van der Waals surface area contributed by atoms with Crippen LogP contribution in [0.15, 0.2) is 41.3 Å². The van der Waals surface area contributed by atoms with Crippen molar-refractivity contribution in [1.82, 2.24) is 15.1 Å². The molecule has 2 aromatic rings. The molecule has 3 amide bonds. The predicted octanol–water partition coefficient (Wildman–Crippen LogP) is 2.83. The number of carbonyl (C=O) groups is 3. The zero-order valence-electron chi connectivity index (χ0n) is 13.8. The van der Waals surface area contributed by atoms with Crippen LogP contribution in [0.5, 0.6) is 0 Å². The molecule has 1 aromatic heterocycles. The highest BCUT2D eigenvalue weighted by Gasteiger charge is 2.34. The SMILES string of the molecule is C=CCSc1nnc(NC(=O)CCCN2C(=O)c3ccccc3C2=O)s1. The minimum Gasteiger partial charge on any atom is -0.301 e. The number of rotatable bonds is 8. The molecule has 9 heteroatoms. The number of amides is 3. The number of benzene rings is 1. The summed E-state index contributed by atoms with van der Waals surface area (Å²) in [5.41, 5.74) is 0.834. The zero-order valence-corrected chi connectivity index (χ0v) is 15.4. The van der Waals surface area contributed by atoms with Crippen molar-refractivity contribution in [3.63, 3.8) is 0 Å². The van der Waals surface area contributed by atoms with Crippen molar-refractivity contribution in [2.45, 2.75) is 17.2 Å². The van der Waals surface area contributed by atoms with Crippen LogP contribution in [0, 0.1) is 0 Å². The third-order valence-electron chi connectivity index (χ3n) is 3.64. The molecule has 0 radical (unpaired) electrons. The number of anilines is 1. The molecule has 7 nitrogen and oxygen atoms in total. The highest BCUT2D eigenvalue weighted by molar-refractivity contribution is 8.01. The van der Waals surface area contributed by atoms with Crippen LogP contribution in [-0.2, 0) is 4.79 Å². The van der Waals surface area contributed by atoms with Crippen molar-refractivity contribution in [2.24, 2.45) is 0 Å². The highest BCUT2D eigenvalue weighted by Crippen LogP contribution is 2.26. The minimum absolute atomic E-state index is 0.183. The lowest BCUT2D eigenvalue weighted by Gasteiger charge is -2.13. The van der Waals surface area contributed by atoms with Gasteiger partial charge in [0, 0.05) is 18.7 Å². The lowest BCUT2D eigenvalue weighted by molar-refractivity contribution is -0.116. The minimum atomic E-state index is -0.306. The smallest absolute Gasteiger partial charge is 0.261 e. The number of nitrogens with zero attached hydrogens (tertiary/aromatic N) is 3. The van der Waals surface area contributed by atoms with Gasteiger partial charge in [-0.25, -0.2) is 0 Å². The van der Waals surface area contributed by atoms with Gasteiger partial charge in [0.25, 0.3) is 11.8 Å². The number of imide groups is 1. The molecule has 26 heavy (non-hydrogen) atoms. The fraction of sp³-hybridized carbons (Fsp3) is 0.235. The molecule has 0 spiro atoms. The summed E-state index contributed by atoms with van der Waals surface area (Å²) in [6, 6.07) is 6.73. The maximum Gasteiger partial charge on any atom is 0.261 e. The standard InChI is InChI=1S/C17H16N4O3S2/c1-2-10-25-17-20-19-16(26-17)18-13(22)8-5-9-21-14(23)11-6-3-4-7-12(11)15(21)24/h2-4,6-7H,1,5,8-10H2,(H,18,19,22). The van der Waals surface area contributed by atoms with Crippen LogP contribution < -0.4 is 5.32 Å². The Kier molecular flexibility index (Phi) is 5.79. The van der Waals surface area contributed by atoms with Crippen molar-refractivity contribution in [2.75, 3.05) is 17.6 Å². The van der Waals surface area contributed by atoms with Crippen molar-refractivity contribution in [3.05, 3.63) is 48.0 Å². The Balaban J connectivity index is 1.47. The molecule has 0 saturated heterocycles. The molecular formula is C17H16N4O3S2. The van der Waals surface area contributed by atoms with Gasteiger partial charge in [-0.05, 0) is 18.6 Å². The molecule has 0 bridgehead atoms. The molecule has 1 aliphatic rings. The topological polar surface area (TPSA) is 92.3 Å². The summed E-state index contributed by atoms with van der Waals surface area (Å²) in [6.07, 6.45) is 2.33. The first-order valence-electron chi connectivity index (χ1n) is 7.92. The first-order chi connectivity index (χ1) is 12.6. The van der Waals surface area contributed by atoms with Crippen LogP contribution in [0.25, 0.3) is 0 Å². The molecule has 2 heterocycles. The Labute approximate surface area is 158 Å². The van der Waals surface area contributed by atoms with E-state index in [4.69, 9.17) is 0 Å². The van der Waals surface area contributed by atoms with Gasteiger partial charge in [0.2, 0.25) is 11.0 Å². The van der Waals surface area contributed by atoms with Crippen molar-refractivity contribution in [3.8, 4) is 0 Å². The summed E-state index contributed by atoms with van der Waals surface area (Å²) >= 11 is 2.79. The van der Waals surface area contributed by atoms with E-state index in [2.05, 4.69) is 22.1 Å². The fourth-order valence-electron chi connectivity index (χ4n) is 2.47. The number of thioether (sulfide) groups is 1. The number of fused-ring (bicyclic) bond motifs is 1. The van der Waals surface area contributed by atoms with E-state index < -0.39 is 0 Å². The van der Waals surface area contributed by atoms with Gasteiger partial charge in [0.05, 0.1) is 11.1 Å². The number of hydrogen-bond acceptors (Lipinski definition) is 7. The Hall–Kier alpha value is -2.52. The molecule has 1 N–H and O–H groups in total. The van der Waals surface area contributed by atoms with Gasteiger partial charge in [0.1, 0.15) is 0 Å². The van der Waals surface area contributed by atoms with Crippen LogP contribution in [0.1, 0.15) is 33.6 Å². The molecule has 1 aromatic carbocycles. The molecule has 0 unspecified atom stereocenters. The van der Waals surface area contributed by atoms with Gasteiger partial charge in [-0.1, -0.05) is 41.3 Å². The summed E-state index contributed by atoms with van der Waals surface area (Å²) in [6.45, 7) is 3.84. The van der Waals surface area contributed by atoms with Crippen molar-refractivity contribution >= 4 is 46.0 Å². The second-order valence-electron chi connectivity index (χ2n) is 5.43. The normalized spacial score (nSPS) is 13.0. The van der Waals surface area contributed by atoms with E-state index in [1.807, 2.05) is 0 Å². The second-order valence-corrected chi connectivity index (χ2v) is 7.68. The molecule has 0 fully saturated rings. The van der Waals surface area contributed by atoms with Crippen molar-refractivity contribution < 1.29 is 14.4 Å². The van der Waals surface area contributed by atoms with Gasteiger partial charge in [-0.15, -0.1) is 16.8 Å². The molecule has 3 rings (SSSR count). The average Bonchev–Trinajstić information content (AvgIpc) is 3.18. The van der Waals surface area contributed by atoms with E-state index in [1.54, 1.807) is 30.3 Å². The van der Waals surface area contributed by atoms with Gasteiger partial charge in [0.15, 0.2) is 4.34 Å². The van der Waals surface area contributed by atoms with Gasteiger partial charge >= 0.3 is 0 Å². The van der Waals surface area contributed by atoms with E-state index in [9.17, 15) is 14.4 Å². The van der Waals surface area contributed by atoms with E-state index in [-0.39, 0.29) is 30.7 Å². The van der Waals surface area contributed by atoms with E-state index in [0.29, 0.717) is 22.7 Å². The molecule has 0 atom stereocenters. The predicted molar refractivity (Wildman–Crippen MR) is 101 cm³/mol.